The zero-order valence-electron chi connectivity index (χ0n) is 7.45. The number of anilines is 1. The Kier molecular flexibility index (Phi) is 3.03. The van der Waals surface area contributed by atoms with Gasteiger partial charge in [-0.25, -0.2) is 9.18 Å². The van der Waals surface area contributed by atoms with E-state index in [2.05, 4.69) is 5.32 Å². The first kappa shape index (κ1) is 10.7. The monoisotopic (exact) mass is 207 g/mol. The lowest BCUT2D eigenvalue weighted by Gasteiger charge is -2.05. The summed E-state index contributed by atoms with van der Waals surface area (Å²) < 4.78 is 13.1. The maximum absolute atomic E-state index is 13.1. The molecule has 0 saturated carbocycles. The molecule has 0 unspecified atom stereocenters. The van der Waals surface area contributed by atoms with Crippen molar-refractivity contribution in [3.8, 4) is 12.3 Å². The van der Waals surface area contributed by atoms with Gasteiger partial charge in [0.1, 0.15) is 11.4 Å². The number of hydrogen-bond donors (Lipinski definition) is 2. The van der Waals surface area contributed by atoms with Crippen molar-refractivity contribution in [1.29, 1.82) is 0 Å². The molecular weight excluding hydrogens is 201 g/mol. The van der Waals surface area contributed by atoms with Gasteiger partial charge in [0.2, 0.25) is 0 Å². The van der Waals surface area contributed by atoms with Crippen LogP contribution in [-0.4, -0.2) is 17.0 Å². The molecule has 5 heteroatoms. The molecule has 76 valence electrons. The number of rotatable bonds is 2. The van der Waals surface area contributed by atoms with Gasteiger partial charge >= 0.3 is 5.97 Å². The third-order valence-electron chi connectivity index (χ3n) is 1.61. The fraction of sp³-hybridized carbons (Fsp3) is 0. The van der Waals surface area contributed by atoms with Gasteiger partial charge in [-0.05, 0) is 18.1 Å². The van der Waals surface area contributed by atoms with Crippen molar-refractivity contribution in [2.24, 2.45) is 0 Å². The number of carboxylic acid groups (broad SMARTS) is 1. The molecule has 0 aliphatic rings. The van der Waals surface area contributed by atoms with E-state index in [1.54, 1.807) is 5.92 Å². The van der Waals surface area contributed by atoms with E-state index in [4.69, 9.17) is 11.5 Å². The van der Waals surface area contributed by atoms with Crippen molar-refractivity contribution < 1.29 is 19.1 Å². The average molecular weight is 207 g/mol. The first-order valence-corrected chi connectivity index (χ1v) is 3.85. The van der Waals surface area contributed by atoms with Crippen molar-refractivity contribution in [2.45, 2.75) is 0 Å². The number of nitrogens with one attached hydrogen (secondary N) is 1. The molecule has 2 N–H and O–H groups in total. The molecule has 0 aromatic heterocycles. The number of halogens is 1. The largest absolute Gasteiger partial charge is 0.478 e. The topological polar surface area (TPSA) is 66.4 Å². The Morgan fingerprint density at radius 3 is 2.67 bits per heavy atom. The number of hydrogen-bond acceptors (Lipinski definition) is 2. The highest BCUT2D eigenvalue weighted by molar-refractivity contribution is 6.07. The molecule has 1 rings (SSSR count). The molecule has 1 amide bonds. The average Bonchev–Trinajstić information content (AvgIpc) is 2.17. The van der Waals surface area contributed by atoms with Gasteiger partial charge in [0.25, 0.3) is 5.91 Å². The number of carbonyl (C=O) groups excluding carboxylic acids is 1. The fourth-order valence-electron chi connectivity index (χ4n) is 1.00. The lowest BCUT2D eigenvalue weighted by atomic mass is 10.1. The van der Waals surface area contributed by atoms with Crippen LogP contribution in [0.25, 0.3) is 0 Å². The molecule has 4 nitrogen and oxygen atoms in total. The third kappa shape index (κ3) is 2.31. The van der Waals surface area contributed by atoms with Crippen molar-refractivity contribution in [3.05, 3.63) is 29.6 Å². The number of benzene rings is 1. The molecule has 0 bridgehead atoms. The number of amides is 1. The molecule has 15 heavy (non-hydrogen) atoms. The van der Waals surface area contributed by atoms with Crippen molar-refractivity contribution in [2.75, 3.05) is 5.32 Å². The maximum atomic E-state index is 13.1. The highest BCUT2D eigenvalue weighted by atomic mass is 19.1. The van der Waals surface area contributed by atoms with Gasteiger partial charge in [-0.15, -0.1) is 6.42 Å². The van der Waals surface area contributed by atoms with E-state index >= 15 is 0 Å². The highest BCUT2D eigenvalue weighted by Gasteiger charge is 2.16. The number of terminal acetylenes is 1. The van der Waals surface area contributed by atoms with E-state index < -0.39 is 23.3 Å². The van der Waals surface area contributed by atoms with Gasteiger partial charge in [0.05, 0.1) is 5.69 Å². The predicted molar refractivity (Wildman–Crippen MR) is 50.8 cm³/mol. The number of aromatic carboxylic acids is 1. The Bertz CT molecular complexity index is 462. The van der Waals surface area contributed by atoms with Crippen molar-refractivity contribution >= 4 is 17.6 Å². The summed E-state index contributed by atoms with van der Waals surface area (Å²) in [5, 5.41) is 10.8. The maximum Gasteiger partial charge on any atom is 0.340 e. The Morgan fingerprint density at radius 1 is 1.47 bits per heavy atom. The fourth-order valence-corrected chi connectivity index (χ4v) is 1.00. The molecule has 0 heterocycles. The second-order valence-electron chi connectivity index (χ2n) is 2.57. The van der Waals surface area contributed by atoms with Gasteiger partial charge in [-0.3, -0.25) is 4.79 Å². The van der Waals surface area contributed by atoms with E-state index in [0.29, 0.717) is 0 Å². The molecule has 0 saturated heterocycles. The highest BCUT2D eigenvalue weighted by Crippen LogP contribution is 2.18. The molecule has 0 radical (unpaired) electrons. The van der Waals surface area contributed by atoms with E-state index in [9.17, 15) is 14.0 Å². The smallest absolute Gasteiger partial charge is 0.340 e. The molecule has 1 aromatic rings. The van der Waals surface area contributed by atoms with Gasteiger partial charge in [-0.1, -0.05) is 6.07 Å². The van der Waals surface area contributed by atoms with Crippen LogP contribution in [0.2, 0.25) is 0 Å². The summed E-state index contributed by atoms with van der Waals surface area (Å²) in [5.41, 5.74) is -0.772. The van der Waals surface area contributed by atoms with Gasteiger partial charge in [0.15, 0.2) is 0 Å². The minimum atomic E-state index is -1.47. The first-order valence-electron chi connectivity index (χ1n) is 3.85. The summed E-state index contributed by atoms with van der Waals surface area (Å²) in [6.07, 6.45) is 4.78. The summed E-state index contributed by atoms with van der Waals surface area (Å²) in [6.45, 7) is 0. The van der Waals surface area contributed by atoms with Crippen molar-refractivity contribution in [1.82, 2.24) is 0 Å². The van der Waals surface area contributed by atoms with Crippen LogP contribution in [-0.2, 0) is 4.79 Å². The van der Waals surface area contributed by atoms with E-state index in [0.717, 1.165) is 6.07 Å². The minimum absolute atomic E-state index is 0.162. The van der Waals surface area contributed by atoms with Crippen LogP contribution >= 0.6 is 0 Å². The minimum Gasteiger partial charge on any atom is -0.478 e. The van der Waals surface area contributed by atoms with Gasteiger partial charge < -0.3 is 10.4 Å². The zero-order chi connectivity index (χ0) is 11.4. The van der Waals surface area contributed by atoms with Crippen LogP contribution in [0, 0.1) is 18.2 Å². The second-order valence-corrected chi connectivity index (χ2v) is 2.57. The molecule has 0 fully saturated rings. The number of carbonyl (C=O) groups is 2. The normalized spacial score (nSPS) is 9.07. The van der Waals surface area contributed by atoms with E-state index in [1.165, 1.54) is 12.1 Å². The van der Waals surface area contributed by atoms with Gasteiger partial charge in [-0.2, -0.15) is 0 Å². The van der Waals surface area contributed by atoms with Gasteiger partial charge in [0, 0.05) is 0 Å². The Labute approximate surface area is 84.7 Å². The standard InChI is InChI=1S/C10H6FNO3/c1-2-8(13)12-7-5-3-4-6(11)9(7)10(14)15/h1,3-5H,(H,12,13)(H,14,15). The molecular formula is C10H6FNO3. The summed E-state index contributed by atoms with van der Waals surface area (Å²) in [7, 11) is 0. The summed E-state index contributed by atoms with van der Waals surface area (Å²) in [6, 6.07) is 3.50. The predicted octanol–water partition coefficient (Wildman–Crippen LogP) is 1.10. The Balaban J connectivity index is 3.19. The molecule has 0 atom stereocenters. The van der Waals surface area contributed by atoms with Crippen molar-refractivity contribution in [3.63, 3.8) is 0 Å². The van der Waals surface area contributed by atoms with Crippen LogP contribution in [0.5, 0.6) is 0 Å². The Morgan fingerprint density at radius 2 is 2.13 bits per heavy atom. The lowest BCUT2D eigenvalue weighted by molar-refractivity contribution is -0.111. The molecule has 1 aromatic carbocycles. The summed E-state index contributed by atoms with van der Waals surface area (Å²) in [5.74, 6) is -1.50. The van der Waals surface area contributed by atoms with Crippen LogP contribution < -0.4 is 5.32 Å². The Hall–Kier alpha value is -2.35. The third-order valence-corrected chi connectivity index (χ3v) is 1.61. The van der Waals surface area contributed by atoms with Crippen LogP contribution in [0.4, 0.5) is 10.1 Å². The first-order chi connectivity index (χ1) is 7.06. The molecule has 0 aliphatic heterocycles. The molecule has 0 aliphatic carbocycles. The summed E-state index contributed by atoms with van der Waals surface area (Å²) in [4.78, 5) is 21.5. The zero-order valence-corrected chi connectivity index (χ0v) is 7.45. The lowest BCUT2D eigenvalue weighted by Crippen LogP contribution is -2.13. The number of carboxylic acids is 1. The van der Waals surface area contributed by atoms with Crippen LogP contribution in [0.3, 0.4) is 0 Å². The van der Waals surface area contributed by atoms with Crippen LogP contribution in [0.15, 0.2) is 18.2 Å². The SMILES string of the molecule is C#CC(=O)Nc1cccc(F)c1C(=O)O. The van der Waals surface area contributed by atoms with E-state index in [-0.39, 0.29) is 5.69 Å². The quantitative estimate of drug-likeness (QED) is 0.713. The second kappa shape index (κ2) is 4.24. The van der Waals surface area contributed by atoms with E-state index in [1.807, 2.05) is 0 Å². The summed E-state index contributed by atoms with van der Waals surface area (Å²) >= 11 is 0. The molecule has 0 spiro atoms. The van der Waals surface area contributed by atoms with Crippen LogP contribution in [0.1, 0.15) is 10.4 Å².